The quantitative estimate of drug-likeness (QED) is 0.653. The molecule has 0 aliphatic rings. The summed E-state index contributed by atoms with van der Waals surface area (Å²) in [7, 11) is 0. The van der Waals surface area contributed by atoms with Crippen LogP contribution in [0.1, 0.15) is 16.1 Å². The maximum Gasteiger partial charge on any atom is 0.152 e. The number of aryl methyl sites for hydroxylation is 1. The van der Waals surface area contributed by atoms with E-state index in [1.165, 1.54) is 0 Å². The Morgan fingerprint density at radius 3 is 2.85 bits per heavy atom. The van der Waals surface area contributed by atoms with Crippen LogP contribution in [0.2, 0.25) is 5.02 Å². The number of rotatable bonds is 1. The molecule has 0 aliphatic carbocycles. The Bertz CT molecular complexity index is 471. The zero-order chi connectivity index (χ0) is 9.42. The number of hydrogen-bond acceptors (Lipinski definition) is 2. The first-order chi connectivity index (χ1) is 6.20. The van der Waals surface area contributed by atoms with E-state index in [1.54, 1.807) is 12.1 Å². The first kappa shape index (κ1) is 8.32. The number of furan rings is 1. The van der Waals surface area contributed by atoms with Crippen molar-refractivity contribution in [2.75, 3.05) is 0 Å². The summed E-state index contributed by atoms with van der Waals surface area (Å²) in [5.41, 5.74) is 1.21. The number of carbonyl (C=O) groups excluding carboxylic acids is 1. The fourth-order valence-corrected chi connectivity index (χ4v) is 1.60. The van der Waals surface area contributed by atoms with Gasteiger partial charge in [-0.15, -0.1) is 0 Å². The zero-order valence-corrected chi connectivity index (χ0v) is 7.76. The van der Waals surface area contributed by atoms with Crippen molar-refractivity contribution in [1.29, 1.82) is 0 Å². The van der Waals surface area contributed by atoms with Gasteiger partial charge in [-0.1, -0.05) is 11.6 Å². The highest BCUT2D eigenvalue weighted by Gasteiger charge is 2.06. The molecule has 1 aromatic heterocycles. The van der Waals surface area contributed by atoms with Crippen molar-refractivity contribution in [1.82, 2.24) is 0 Å². The molecular formula is C10H7ClO2. The SMILES string of the molecule is Cc1cc2cc(C=O)cc(Cl)c2o1. The number of fused-ring (bicyclic) bond motifs is 1. The van der Waals surface area contributed by atoms with Crippen molar-refractivity contribution in [2.45, 2.75) is 6.92 Å². The third kappa shape index (κ3) is 1.33. The van der Waals surface area contributed by atoms with Crippen LogP contribution >= 0.6 is 11.6 Å². The highest BCUT2D eigenvalue weighted by atomic mass is 35.5. The Morgan fingerprint density at radius 1 is 1.38 bits per heavy atom. The summed E-state index contributed by atoms with van der Waals surface area (Å²) >= 11 is 5.90. The van der Waals surface area contributed by atoms with Crippen molar-refractivity contribution >= 4 is 28.9 Å². The standard InChI is InChI=1S/C10H7ClO2/c1-6-2-8-3-7(5-12)4-9(11)10(8)13-6/h2-5H,1H3. The molecule has 0 aliphatic heterocycles. The van der Waals surface area contributed by atoms with Crippen LogP contribution in [-0.2, 0) is 0 Å². The molecule has 0 fully saturated rings. The molecule has 1 heterocycles. The topological polar surface area (TPSA) is 30.2 Å². The van der Waals surface area contributed by atoms with Gasteiger partial charge in [-0.25, -0.2) is 0 Å². The number of carbonyl (C=O) groups is 1. The molecule has 2 nitrogen and oxygen atoms in total. The molecule has 0 N–H and O–H groups in total. The average Bonchev–Trinajstić information content (AvgIpc) is 2.46. The van der Waals surface area contributed by atoms with E-state index in [0.717, 1.165) is 17.4 Å². The molecule has 1 aromatic carbocycles. The summed E-state index contributed by atoms with van der Waals surface area (Å²) in [6.07, 6.45) is 0.771. The van der Waals surface area contributed by atoms with Crippen LogP contribution in [0.25, 0.3) is 11.0 Å². The molecule has 13 heavy (non-hydrogen) atoms. The molecule has 0 spiro atoms. The largest absolute Gasteiger partial charge is 0.460 e. The lowest BCUT2D eigenvalue weighted by molar-refractivity contribution is 0.112. The van der Waals surface area contributed by atoms with Gasteiger partial charge in [0.25, 0.3) is 0 Å². The van der Waals surface area contributed by atoms with E-state index in [9.17, 15) is 4.79 Å². The molecule has 2 aromatic rings. The van der Waals surface area contributed by atoms with E-state index in [1.807, 2.05) is 13.0 Å². The minimum Gasteiger partial charge on any atom is -0.460 e. The van der Waals surface area contributed by atoms with Crippen LogP contribution in [0.5, 0.6) is 0 Å². The van der Waals surface area contributed by atoms with Gasteiger partial charge in [0.1, 0.15) is 12.0 Å². The molecule has 0 radical (unpaired) electrons. The van der Waals surface area contributed by atoms with E-state index in [2.05, 4.69) is 0 Å². The van der Waals surface area contributed by atoms with Gasteiger partial charge in [0.2, 0.25) is 0 Å². The highest BCUT2D eigenvalue weighted by molar-refractivity contribution is 6.35. The second kappa shape index (κ2) is 2.89. The third-order valence-electron chi connectivity index (χ3n) is 1.85. The molecule has 0 unspecified atom stereocenters. The molecule has 0 atom stereocenters. The van der Waals surface area contributed by atoms with Crippen molar-refractivity contribution in [2.24, 2.45) is 0 Å². The zero-order valence-electron chi connectivity index (χ0n) is 7.00. The lowest BCUT2D eigenvalue weighted by Crippen LogP contribution is -1.78. The normalized spacial score (nSPS) is 10.6. The Kier molecular flexibility index (Phi) is 1.85. The number of halogens is 1. The Morgan fingerprint density at radius 2 is 2.15 bits per heavy atom. The van der Waals surface area contributed by atoms with Crippen molar-refractivity contribution in [3.8, 4) is 0 Å². The van der Waals surface area contributed by atoms with Crippen molar-refractivity contribution in [3.63, 3.8) is 0 Å². The molecule has 66 valence electrons. The Balaban J connectivity index is 2.82. The van der Waals surface area contributed by atoms with Gasteiger partial charge in [0.15, 0.2) is 5.58 Å². The van der Waals surface area contributed by atoms with Gasteiger partial charge in [-0.3, -0.25) is 4.79 Å². The van der Waals surface area contributed by atoms with Crippen LogP contribution in [0.4, 0.5) is 0 Å². The molecule has 3 heteroatoms. The molecule has 0 saturated heterocycles. The second-order valence-corrected chi connectivity index (χ2v) is 3.30. The summed E-state index contributed by atoms with van der Waals surface area (Å²) in [5.74, 6) is 0.792. The monoisotopic (exact) mass is 194 g/mol. The minimum atomic E-state index is 0.479. The first-order valence-corrected chi connectivity index (χ1v) is 4.23. The summed E-state index contributed by atoms with van der Waals surface area (Å²) in [4.78, 5) is 10.5. The van der Waals surface area contributed by atoms with E-state index >= 15 is 0 Å². The molecule has 0 saturated carbocycles. The summed E-state index contributed by atoms with van der Waals surface area (Å²) in [5, 5.41) is 1.35. The van der Waals surface area contributed by atoms with Gasteiger partial charge in [-0.05, 0) is 25.1 Å². The van der Waals surface area contributed by atoms with Crippen LogP contribution in [0.3, 0.4) is 0 Å². The lowest BCUT2D eigenvalue weighted by atomic mass is 10.2. The maximum atomic E-state index is 10.5. The number of benzene rings is 1. The van der Waals surface area contributed by atoms with Crippen molar-refractivity contribution < 1.29 is 9.21 Å². The summed E-state index contributed by atoms with van der Waals surface area (Å²) in [6, 6.07) is 5.21. The van der Waals surface area contributed by atoms with Crippen LogP contribution in [0.15, 0.2) is 22.6 Å². The van der Waals surface area contributed by atoms with Crippen LogP contribution in [0, 0.1) is 6.92 Å². The molecular weight excluding hydrogens is 188 g/mol. The van der Waals surface area contributed by atoms with Crippen LogP contribution < -0.4 is 0 Å². The second-order valence-electron chi connectivity index (χ2n) is 2.90. The van der Waals surface area contributed by atoms with E-state index < -0.39 is 0 Å². The molecule has 2 rings (SSSR count). The average molecular weight is 195 g/mol. The fraction of sp³-hybridized carbons (Fsp3) is 0.100. The minimum absolute atomic E-state index is 0.479. The van der Waals surface area contributed by atoms with Crippen molar-refractivity contribution in [3.05, 3.63) is 34.5 Å². The lowest BCUT2D eigenvalue weighted by Gasteiger charge is -1.93. The van der Waals surface area contributed by atoms with Gasteiger partial charge in [0.05, 0.1) is 5.02 Å². The fourth-order valence-electron chi connectivity index (χ4n) is 1.33. The van der Waals surface area contributed by atoms with Gasteiger partial charge >= 0.3 is 0 Å². The smallest absolute Gasteiger partial charge is 0.152 e. The summed E-state index contributed by atoms with van der Waals surface area (Å²) in [6.45, 7) is 1.84. The third-order valence-corrected chi connectivity index (χ3v) is 2.13. The molecule has 0 bridgehead atoms. The summed E-state index contributed by atoms with van der Waals surface area (Å²) < 4.78 is 5.35. The molecule has 0 amide bonds. The Hall–Kier alpha value is -1.28. The van der Waals surface area contributed by atoms with Gasteiger partial charge in [-0.2, -0.15) is 0 Å². The predicted molar refractivity (Wildman–Crippen MR) is 51.3 cm³/mol. The predicted octanol–water partition coefficient (Wildman–Crippen LogP) is 3.21. The van der Waals surface area contributed by atoms with Crippen LogP contribution in [-0.4, -0.2) is 6.29 Å². The number of aldehydes is 1. The maximum absolute atomic E-state index is 10.5. The highest BCUT2D eigenvalue weighted by Crippen LogP contribution is 2.27. The van der Waals surface area contributed by atoms with E-state index in [0.29, 0.717) is 16.2 Å². The van der Waals surface area contributed by atoms with Gasteiger partial charge < -0.3 is 4.42 Å². The van der Waals surface area contributed by atoms with Gasteiger partial charge in [0, 0.05) is 10.9 Å². The van der Waals surface area contributed by atoms with E-state index in [-0.39, 0.29) is 0 Å². The first-order valence-electron chi connectivity index (χ1n) is 3.85. The van der Waals surface area contributed by atoms with E-state index in [4.69, 9.17) is 16.0 Å². The Labute approximate surface area is 80.1 Å². The number of hydrogen-bond donors (Lipinski definition) is 0.